The van der Waals surface area contributed by atoms with Crippen LogP contribution in [0, 0.1) is 0 Å². The van der Waals surface area contributed by atoms with Crippen LogP contribution in [0.4, 0.5) is 11.6 Å². The topological polar surface area (TPSA) is 96.5 Å². The van der Waals surface area contributed by atoms with Gasteiger partial charge in [0.2, 0.25) is 10.0 Å². The largest absolute Gasteiger partial charge is 0.378 e. The molecule has 2 aromatic rings. The molecule has 0 spiro atoms. The molecule has 1 aliphatic heterocycles. The lowest BCUT2D eigenvalue weighted by Gasteiger charge is -2.27. The Morgan fingerprint density at radius 1 is 1.15 bits per heavy atom. The van der Waals surface area contributed by atoms with Gasteiger partial charge in [-0.1, -0.05) is 23.7 Å². The zero-order valence-electron chi connectivity index (χ0n) is 14.1. The lowest BCUT2D eigenvalue weighted by atomic mass is 10.4. The number of hydrogen-bond donors (Lipinski definition) is 2. The molecule has 0 aliphatic carbocycles. The summed E-state index contributed by atoms with van der Waals surface area (Å²) in [5, 5.41) is 3.29. The fourth-order valence-corrected chi connectivity index (χ4v) is 4.07. The Kier molecular flexibility index (Phi) is 6.25. The minimum atomic E-state index is -3.65. The molecule has 0 radical (unpaired) electrons. The molecule has 1 fully saturated rings. The first-order valence-corrected chi connectivity index (χ1v) is 10.1. The maximum atomic E-state index is 12.3. The molecular formula is C16H20ClN5O3S. The Morgan fingerprint density at radius 3 is 2.69 bits per heavy atom. The number of aromatic nitrogens is 2. The van der Waals surface area contributed by atoms with Crippen molar-refractivity contribution in [3.8, 4) is 0 Å². The van der Waals surface area contributed by atoms with Crippen molar-refractivity contribution >= 4 is 33.3 Å². The second kappa shape index (κ2) is 8.63. The zero-order valence-corrected chi connectivity index (χ0v) is 15.6. The van der Waals surface area contributed by atoms with Crippen molar-refractivity contribution in [2.45, 2.75) is 4.90 Å². The van der Waals surface area contributed by atoms with E-state index in [1.807, 2.05) is 6.07 Å². The van der Waals surface area contributed by atoms with Crippen molar-refractivity contribution in [2.24, 2.45) is 0 Å². The Hall–Kier alpha value is -1.94. The molecule has 1 saturated heterocycles. The van der Waals surface area contributed by atoms with Gasteiger partial charge in [-0.05, 0) is 12.1 Å². The maximum absolute atomic E-state index is 12.3. The van der Waals surface area contributed by atoms with Crippen LogP contribution in [0.5, 0.6) is 0 Å². The predicted octanol–water partition coefficient (Wildman–Crippen LogP) is 1.36. The van der Waals surface area contributed by atoms with E-state index in [-0.39, 0.29) is 16.5 Å². The van der Waals surface area contributed by atoms with E-state index in [0.29, 0.717) is 25.6 Å². The number of rotatable bonds is 7. The second-order valence-corrected chi connectivity index (χ2v) is 7.76. The average Bonchev–Trinajstić information content (AvgIpc) is 2.66. The molecule has 1 aliphatic rings. The number of hydrogen-bond acceptors (Lipinski definition) is 7. The van der Waals surface area contributed by atoms with E-state index < -0.39 is 10.0 Å². The van der Waals surface area contributed by atoms with Crippen LogP contribution in [-0.2, 0) is 14.8 Å². The average molecular weight is 398 g/mol. The SMILES string of the molecule is O=S(=O)(NCCNc1cc(N2CCOCC2)ncn1)c1ccccc1Cl. The Balaban J connectivity index is 1.53. The van der Waals surface area contributed by atoms with Crippen LogP contribution >= 0.6 is 11.6 Å². The first-order valence-electron chi connectivity index (χ1n) is 8.19. The first kappa shape index (κ1) is 18.8. The summed E-state index contributed by atoms with van der Waals surface area (Å²) in [6.07, 6.45) is 1.49. The molecular weight excluding hydrogens is 378 g/mol. The summed E-state index contributed by atoms with van der Waals surface area (Å²) in [6.45, 7) is 3.50. The summed E-state index contributed by atoms with van der Waals surface area (Å²) >= 11 is 5.94. The van der Waals surface area contributed by atoms with Crippen LogP contribution in [0.3, 0.4) is 0 Å². The Labute approximate surface area is 157 Å². The van der Waals surface area contributed by atoms with Crippen molar-refractivity contribution < 1.29 is 13.2 Å². The van der Waals surface area contributed by atoms with Gasteiger partial charge in [0.1, 0.15) is 22.9 Å². The van der Waals surface area contributed by atoms with Gasteiger partial charge in [-0.25, -0.2) is 23.1 Å². The van der Waals surface area contributed by atoms with Crippen LogP contribution < -0.4 is 14.9 Å². The maximum Gasteiger partial charge on any atom is 0.242 e. The monoisotopic (exact) mass is 397 g/mol. The van der Waals surface area contributed by atoms with Gasteiger partial charge in [0.05, 0.1) is 18.2 Å². The zero-order chi connectivity index (χ0) is 18.4. The Bertz CT molecular complexity index is 843. The van der Waals surface area contributed by atoms with Crippen LogP contribution in [-0.4, -0.2) is 57.8 Å². The molecule has 1 aromatic carbocycles. The van der Waals surface area contributed by atoms with Gasteiger partial charge in [-0.2, -0.15) is 0 Å². The van der Waals surface area contributed by atoms with Gasteiger partial charge in [0.15, 0.2) is 0 Å². The molecule has 0 saturated carbocycles. The lowest BCUT2D eigenvalue weighted by Crippen LogP contribution is -2.36. The smallest absolute Gasteiger partial charge is 0.242 e. The number of sulfonamides is 1. The van der Waals surface area contributed by atoms with Crippen LogP contribution in [0.1, 0.15) is 0 Å². The summed E-state index contributed by atoms with van der Waals surface area (Å²) < 4.78 is 32.4. The predicted molar refractivity (Wildman–Crippen MR) is 100 cm³/mol. The van der Waals surface area contributed by atoms with Gasteiger partial charge in [0, 0.05) is 32.2 Å². The minimum absolute atomic E-state index is 0.0679. The highest BCUT2D eigenvalue weighted by Gasteiger charge is 2.16. The number of nitrogens with zero attached hydrogens (tertiary/aromatic N) is 3. The summed E-state index contributed by atoms with van der Waals surface area (Å²) in [7, 11) is -3.65. The molecule has 0 unspecified atom stereocenters. The highest BCUT2D eigenvalue weighted by atomic mass is 35.5. The van der Waals surface area contributed by atoms with E-state index >= 15 is 0 Å². The normalized spacial score (nSPS) is 15.0. The van der Waals surface area contributed by atoms with Crippen LogP contribution in [0.2, 0.25) is 5.02 Å². The number of ether oxygens (including phenoxy) is 1. The van der Waals surface area contributed by atoms with Gasteiger partial charge in [-0.15, -0.1) is 0 Å². The van der Waals surface area contributed by atoms with Gasteiger partial charge < -0.3 is 15.0 Å². The number of anilines is 2. The molecule has 2 N–H and O–H groups in total. The third kappa shape index (κ3) is 4.82. The van der Waals surface area contributed by atoms with Crippen molar-refractivity contribution in [3.05, 3.63) is 41.7 Å². The molecule has 10 heteroatoms. The van der Waals surface area contributed by atoms with E-state index in [9.17, 15) is 8.42 Å². The minimum Gasteiger partial charge on any atom is -0.378 e. The summed E-state index contributed by atoms with van der Waals surface area (Å²) in [4.78, 5) is 10.6. The number of morpholine rings is 1. The molecule has 3 rings (SSSR count). The Morgan fingerprint density at radius 2 is 1.92 bits per heavy atom. The second-order valence-electron chi connectivity index (χ2n) is 5.62. The quantitative estimate of drug-likeness (QED) is 0.681. The fourth-order valence-electron chi connectivity index (χ4n) is 2.53. The molecule has 8 nitrogen and oxygen atoms in total. The van der Waals surface area contributed by atoms with Gasteiger partial charge >= 0.3 is 0 Å². The molecule has 26 heavy (non-hydrogen) atoms. The highest BCUT2D eigenvalue weighted by Crippen LogP contribution is 2.20. The summed E-state index contributed by atoms with van der Waals surface area (Å²) in [6, 6.07) is 8.17. The molecule has 1 aromatic heterocycles. The standard InChI is InChI=1S/C16H20ClN5O3S/c17-13-3-1-2-4-14(13)26(23,24)21-6-5-18-15-11-16(20-12-19-15)22-7-9-25-10-8-22/h1-4,11-12,21H,5-10H2,(H,18,19,20). The number of halogens is 1. The molecule has 0 amide bonds. The van der Waals surface area contributed by atoms with Crippen molar-refractivity contribution in [2.75, 3.05) is 49.6 Å². The van der Waals surface area contributed by atoms with Crippen molar-refractivity contribution in [1.82, 2.24) is 14.7 Å². The highest BCUT2D eigenvalue weighted by molar-refractivity contribution is 7.89. The van der Waals surface area contributed by atoms with Crippen LogP contribution in [0.15, 0.2) is 41.6 Å². The van der Waals surface area contributed by atoms with Gasteiger partial charge in [-0.3, -0.25) is 0 Å². The number of nitrogens with one attached hydrogen (secondary N) is 2. The van der Waals surface area contributed by atoms with Crippen molar-refractivity contribution in [3.63, 3.8) is 0 Å². The lowest BCUT2D eigenvalue weighted by molar-refractivity contribution is 0.122. The first-order chi connectivity index (χ1) is 12.6. The van der Waals surface area contributed by atoms with Crippen LogP contribution in [0.25, 0.3) is 0 Å². The fraction of sp³-hybridized carbons (Fsp3) is 0.375. The van der Waals surface area contributed by atoms with E-state index in [0.717, 1.165) is 18.9 Å². The van der Waals surface area contributed by atoms with E-state index in [1.165, 1.54) is 12.4 Å². The molecule has 2 heterocycles. The summed E-state index contributed by atoms with van der Waals surface area (Å²) in [5.74, 6) is 1.46. The molecule has 0 atom stereocenters. The third-order valence-corrected chi connectivity index (χ3v) is 5.80. The number of benzene rings is 1. The van der Waals surface area contributed by atoms with E-state index in [2.05, 4.69) is 24.9 Å². The van der Waals surface area contributed by atoms with E-state index in [4.69, 9.17) is 16.3 Å². The van der Waals surface area contributed by atoms with E-state index in [1.54, 1.807) is 18.2 Å². The summed E-state index contributed by atoms with van der Waals surface area (Å²) in [5.41, 5.74) is 0. The third-order valence-electron chi connectivity index (χ3n) is 3.84. The van der Waals surface area contributed by atoms with Gasteiger partial charge in [0.25, 0.3) is 0 Å². The van der Waals surface area contributed by atoms with Crippen molar-refractivity contribution in [1.29, 1.82) is 0 Å². The molecule has 0 bridgehead atoms. The molecule has 140 valence electrons.